The summed E-state index contributed by atoms with van der Waals surface area (Å²) < 4.78 is 0. The van der Waals surface area contributed by atoms with Gasteiger partial charge in [-0.05, 0) is 5.56 Å². The van der Waals surface area contributed by atoms with Gasteiger partial charge in [0, 0.05) is 24.8 Å². The molecular formula is C11H14Cl2N2. The van der Waals surface area contributed by atoms with Crippen LogP contribution in [-0.2, 0) is 0 Å². The molecule has 0 unspecified atom stereocenters. The number of rotatable bonds is 6. The number of hydrogen-bond acceptors (Lipinski definition) is 2. The van der Waals surface area contributed by atoms with Crippen molar-refractivity contribution in [3.63, 3.8) is 0 Å². The zero-order chi connectivity index (χ0) is 10.9. The Morgan fingerprint density at radius 1 is 1.07 bits per heavy atom. The molecule has 2 nitrogen and oxygen atoms in total. The average molecular weight is 245 g/mol. The van der Waals surface area contributed by atoms with Crippen LogP contribution in [0.25, 0.3) is 0 Å². The Morgan fingerprint density at radius 3 is 2.20 bits per heavy atom. The lowest BCUT2D eigenvalue weighted by atomic mass is 10.2. The minimum absolute atomic E-state index is 0.559. The summed E-state index contributed by atoms with van der Waals surface area (Å²) in [5.74, 6) is 1.12. The van der Waals surface area contributed by atoms with Crippen LogP contribution in [0.15, 0.2) is 35.4 Å². The normalized spacial score (nSPS) is 10.8. The van der Waals surface area contributed by atoms with Crippen molar-refractivity contribution in [3.05, 3.63) is 35.9 Å². The van der Waals surface area contributed by atoms with E-state index in [9.17, 15) is 0 Å². The van der Waals surface area contributed by atoms with Crippen molar-refractivity contribution in [2.45, 2.75) is 0 Å². The Labute approximate surface area is 100 Å². The third-order valence-electron chi connectivity index (χ3n) is 1.85. The highest BCUT2D eigenvalue weighted by Gasteiger charge is 1.97. The summed E-state index contributed by atoms with van der Waals surface area (Å²) in [4.78, 5) is 0. The second-order valence-electron chi connectivity index (χ2n) is 2.99. The van der Waals surface area contributed by atoms with E-state index in [1.165, 1.54) is 0 Å². The van der Waals surface area contributed by atoms with Gasteiger partial charge >= 0.3 is 0 Å². The maximum absolute atomic E-state index is 5.66. The number of hydrogen-bond donors (Lipinski definition) is 0. The topological polar surface area (TPSA) is 15.6 Å². The molecule has 0 saturated carbocycles. The third kappa shape index (κ3) is 5.05. The monoisotopic (exact) mass is 244 g/mol. The lowest BCUT2D eigenvalue weighted by Crippen LogP contribution is -2.22. The highest BCUT2D eigenvalue weighted by molar-refractivity contribution is 6.18. The quantitative estimate of drug-likeness (QED) is 0.427. The fourth-order valence-electron chi connectivity index (χ4n) is 1.11. The maximum Gasteiger partial charge on any atom is 0.0542 e. The third-order valence-corrected chi connectivity index (χ3v) is 2.19. The molecule has 15 heavy (non-hydrogen) atoms. The highest BCUT2D eigenvalue weighted by Crippen LogP contribution is 1.97. The molecule has 0 saturated heterocycles. The van der Waals surface area contributed by atoms with E-state index in [1.807, 2.05) is 41.6 Å². The summed E-state index contributed by atoms with van der Waals surface area (Å²) >= 11 is 11.3. The molecule has 0 aliphatic rings. The molecule has 0 bridgehead atoms. The molecule has 1 aromatic carbocycles. The summed E-state index contributed by atoms with van der Waals surface area (Å²) in [7, 11) is 0. The summed E-state index contributed by atoms with van der Waals surface area (Å²) in [6.07, 6.45) is 1.82. The Morgan fingerprint density at radius 2 is 1.67 bits per heavy atom. The number of hydrazone groups is 1. The molecule has 0 heterocycles. The van der Waals surface area contributed by atoms with E-state index in [1.54, 1.807) is 0 Å². The van der Waals surface area contributed by atoms with Crippen molar-refractivity contribution in [1.82, 2.24) is 5.01 Å². The van der Waals surface area contributed by atoms with Crippen LogP contribution >= 0.6 is 23.2 Å². The Kier molecular flexibility index (Phi) is 6.21. The zero-order valence-corrected chi connectivity index (χ0v) is 9.95. The molecule has 0 spiro atoms. The van der Waals surface area contributed by atoms with Crippen molar-refractivity contribution in [1.29, 1.82) is 0 Å². The molecule has 0 N–H and O–H groups in total. The van der Waals surface area contributed by atoms with Gasteiger partial charge in [-0.2, -0.15) is 5.10 Å². The van der Waals surface area contributed by atoms with E-state index < -0.39 is 0 Å². The smallest absolute Gasteiger partial charge is 0.0542 e. The van der Waals surface area contributed by atoms with E-state index in [2.05, 4.69) is 5.10 Å². The molecule has 0 aliphatic carbocycles. The van der Waals surface area contributed by atoms with E-state index in [0.29, 0.717) is 11.8 Å². The van der Waals surface area contributed by atoms with Gasteiger partial charge in [0.15, 0.2) is 0 Å². The van der Waals surface area contributed by atoms with Crippen LogP contribution in [-0.4, -0.2) is 36.1 Å². The Bertz CT molecular complexity index is 282. The molecule has 0 aliphatic heterocycles. The fourth-order valence-corrected chi connectivity index (χ4v) is 1.50. The summed E-state index contributed by atoms with van der Waals surface area (Å²) in [6.45, 7) is 1.44. The minimum atomic E-state index is 0.559. The van der Waals surface area contributed by atoms with Crippen LogP contribution < -0.4 is 0 Å². The standard InChI is InChI=1S/C11H14Cl2N2/c12-6-8-15(9-7-13)14-10-11-4-2-1-3-5-11/h1-5,10H,6-9H2/b14-10+. The van der Waals surface area contributed by atoms with Crippen molar-refractivity contribution in [3.8, 4) is 0 Å². The maximum atomic E-state index is 5.66. The van der Waals surface area contributed by atoms with E-state index in [0.717, 1.165) is 18.7 Å². The summed E-state index contributed by atoms with van der Waals surface area (Å²) in [5.41, 5.74) is 1.08. The molecule has 1 rings (SSSR count). The van der Waals surface area contributed by atoms with Crippen LogP contribution in [0.5, 0.6) is 0 Å². The Hall–Kier alpha value is -0.730. The molecule has 82 valence electrons. The van der Waals surface area contributed by atoms with E-state index in [4.69, 9.17) is 23.2 Å². The van der Waals surface area contributed by atoms with Gasteiger partial charge in [0.25, 0.3) is 0 Å². The van der Waals surface area contributed by atoms with Gasteiger partial charge in [-0.1, -0.05) is 30.3 Å². The molecule has 0 amide bonds. The lowest BCUT2D eigenvalue weighted by molar-refractivity contribution is 0.327. The molecule has 4 heteroatoms. The van der Waals surface area contributed by atoms with Gasteiger partial charge in [-0.25, -0.2) is 0 Å². The molecule has 0 atom stereocenters. The molecule has 0 aromatic heterocycles. The first-order chi connectivity index (χ1) is 7.36. The van der Waals surface area contributed by atoms with E-state index >= 15 is 0 Å². The predicted octanol–water partition coefficient (Wildman–Crippen LogP) is 2.80. The molecule has 0 fully saturated rings. The van der Waals surface area contributed by atoms with Gasteiger partial charge in [-0.15, -0.1) is 23.2 Å². The largest absolute Gasteiger partial charge is 0.295 e. The van der Waals surface area contributed by atoms with Gasteiger partial charge in [0.05, 0.1) is 6.21 Å². The SMILES string of the molecule is ClCCN(CCCl)/N=C/c1ccccc1. The van der Waals surface area contributed by atoms with E-state index in [-0.39, 0.29) is 0 Å². The van der Waals surface area contributed by atoms with Gasteiger partial charge in [0.2, 0.25) is 0 Å². The van der Waals surface area contributed by atoms with Crippen molar-refractivity contribution in [2.75, 3.05) is 24.8 Å². The minimum Gasteiger partial charge on any atom is -0.295 e. The van der Waals surface area contributed by atoms with Crippen LogP contribution in [0.2, 0.25) is 0 Å². The number of nitrogens with zero attached hydrogens (tertiary/aromatic N) is 2. The number of benzene rings is 1. The van der Waals surface area contributed by atoms with Gasteiger partial charge in [-0.3, -0.25) is 5.01 Å². The second-order valence-corrected chi connectivity index (χ2v) is 3.74. The molecule has 1 aromatic rings. The first-order valence-electron chi connectivity index (χ1n) is 4.82. The van der Waals surface area contributed by atoms with Crippen LogP contribution in [0.4, 0.5) is 0 Å². The van der Waals surface area contributed by atoms with Crippen LogP contribution in [0.3, 0.4) is 0 Å². The summed E-state index contributed by atoms with van der Waals surface area (Å²) in [5, 5.41) is 6.18. The second kappa shape index (κ2) is 7.55. The first-order valence-corrected chi connectivity index (χ1v) is 5.89. The summed E-state index contributed by atoms with van der Waals surface area (Å²) in [6, 6.07) is 9.95. The van der Waals surface area contributed by atoms with Crippen LogP contribution in [0, 0.1) is 0 Å². The number of alkyl halides is 2. The first kappa shape index (κ1) is 12.3. The van der Waals surface area contributed by atoms with Crippen molar-refractivity contribution in [2.24, 2.45) is 5.10 Å². The predicted molar refractivity (Wildman–Crippen MR) is 67.0 cm³/mol. The lowest BCUT2D eigenvalue weighted by Gasteiger charge is -2.15. The zero-order valence-electron chi connectivity index (χ0n) is 8.44. The van der Waals surface area contributed by atoms with Gasteiger partial charge < -0.3 is 0 Å². The van der Waals surface area contributed by atoms with Crippen molar-refractivity contribution < 1.29 is 0 Å². The van der Waals surface area contributed by atoms with Crippen molar-refractivity contribution >= 4 is 29.4 Å². The average Bonchev–Trinajstić information content (AvgIpc) is 2.28. The fraction of sp³-hybridized carbons (Fsp3) is 0.364. The molecular weight excluding hydrogens is 231 g/mol. The highest BCUT2D eigenvalue weighted by atomic mass is 35.5. The Balaban J connectivity index is 2.53. The molecule has 0 radical (unpaired) electrons. The van der Waals surface area contributed by atoms with Gasteiger partial charge in [0.1, 0.15) is 0 Å². The number of halogens is 2. The van der Waals surface area contributed by atoms with Crippen LogP contribution in [0.1, 0.15) is 5.56 Å².